The predicted octanol–water partition coefficient (Wildman–Crippen LogP) is 2.04. The first-order valence-electron chi connectivity index (χ1n) is 8.18. The molecule has 0 saturated carbocycles. The molecule has 0 radical (unpaired) electrons. The maximum Gasteiger partial charge on any atom is 0.233 e. The van der Waals surface area contributed by atoms with Crippen LogP contribution in [0.3, 0.4) is 0 Å². The van der Waals surface area contributed by atoms with Crippen LogP contribution in [0.15, 0.2) is 21.9 Å². The Bertz CT molecular complexity index is 835. The van der Waals surface area contributed by atoms with Crippen molar-refractivity contribution in [2.75, 3.05) is 23.4 Å². The minimum Gasteiger partial charge on any atom is -0.360 e. The van der Waals surface area contributed by atoms with Crippen molar-refractivity contribution >= 4 is 55.3 Å². The number of nitrogens with one attached hydrogen (secondary N) is 2. The van der Waals surface area contributed by atoms with Gasteiger partial charge in [0.2, 0.25) is 11.0 Å². The van der Waals surface area contributed by atoms with E-state index in [0.29, 0.717) is 10.8 Å². The summed E-state index contributed by atoms with van der Waals surface area (Å²) in [6.45, 7) is 2.57. The molecule has 1 aliphatic rings. The van der Waals surface area contributed by atoms with E-state index < -0.39 is 9.84 Å². The van der Waals surface area contributed by atoms with Gasteiger partial charge in [0, 0.05) is 17.5 Å². The van der Waals surface area contributed by atoms with Gasteiger partial charge in [0.05, 0.1) is 16.8 Å². The van der Waals surface area contributed by atoms with Gasteiger partial charge in [0.1, 0.15) is 0 Å². The lowest BCUT2D eigenvalue weighted by Gasteiger charge is -2.14. The van der Waals surface area contributed by atoms with E-state index in [1.54, 1.807) is 18.3 Å². The van der Waals surface area contributed by atoms with Crippen molar-refractivity contribution in [1.29, 1.82) is 0 Å². The van der Waals surface area contributed by atoms with Gasteiger partial charge >= 0.3 is 0 Å². The number of carbonyl (C=O) groups excluding carboxylic acids is 1. The normalized spacial score (nSPS) is 20.0. The fraction of sp³-hybridized carbons (Fsp3) is 0.533. The second-order valence-electron chi connectivity index (χ2n) is 6.00. The Morgan fingerprint density at radius 3 is 3.00 bits per heavy atom. The lowest BCUT2D eigenvalue weighted by Crippen LogP contribution is -2.39. The van der Waals surface area contributed by atoms with Gasteiger partial charge < -0.3 is 10.6 Å². The molecule has 0 bridgehead atoms. The highest BCUT2D eigenvalue weighted by molar-refractivity contribution is 8.02. The van der Waals surface area contributed by atoms with Gasteiger partial charge in [-0.1, -0.05) is 29.2 Å². The molecule has 0 aliphatic carbocycles. The SMILES string of the molecule is CC(Sc1nnc(NCCc2cccs2)s1)C(=O)NC1CCS(=O)(=O)C1. The summed E-state index contributed by atoms with van der Waals surface area (Å²) in [7, 11) is -3.00. The Labute approximate surface area is 164 Å². The second-order valence-corrected chi connectivity index (χ2v) is 11.8. The Morgan fingerprint density at radius 1 is 1.46 bits per heavy atom. The van der Waals surface area contributed by atoms with Gasteiger partial charge in [-0.15, -0.1) is 21.5 Å². The molecule has 2 aromatic rings. The number of thioether (sulfide) groups is 1. The molecule has 2 aromatic heterocycles. The lowest BCUT2D eigenvalue weighted by molar-refractivity contribution is -0.120. The van der Waals surface area contributed by atoms with Gasteiger partial charge in [0.15, 0.2) is 14.2 Å². The molecule has 0 aromatic carbocycles. The highest BCUT2D eigenvalue weighted by Crippen LogP contribution is 2.29. The molecular weight excluding hydrogens is 412 g/mol. The first kappa shape index (κ1) is 19.6. The number of rotatable bonds is 8. The first-order valence-corrected chi connectivity index (χ1v) is 12.6. The molecule has 1 amide bonds. The van der Waals surface area contributed by atoms with Crippen LogP contribution in [0, 0.1) is 0 Å². The van der Waals surface area contributed by atoms with E-state index in [1.807, 2.05) is 6.07 Å². The molecule has 142 valence electrons. The fourth-order valence-electron chi connectivity index (χ4n) is 2.51. The lowest BCUT2D eigenvalue weighted by atomic mass is 10.2. The fourth-order valence-corrected chi connectivity index (χ4v) is 6.82. The molecule has 3 rings (SSSR count). The summed E-state index contributed by atoms with van der Waals surface area (Å²) in [6.07, 6.45) is 1.42. The van der Waals surface area contributed by atoms with Gasteiger partial charge in [-0.05, 0) is 31.2 Å². The van der Waals surface area contributed by atoms with Crippen molar-refractivity contribution in [1.82, 2.24) is 15.5 Å². The number of aromatic nitrogens is 2. The zero-order valence-electron chi connectivity index (χ0n) is 14.2. The van der Waals surface area contributed by atoms with Crippen LogP contribution < -0.4 is 10.6 Å². The summed E-state index contributed by atoms with van der Waals surface area (Å²) in [5.74, 6) is 0.0170. The molecule has 1 fully saturated rings. The quantitative estimate of drug-likeness (QED) is 0.616. The van der Waals surface area contributed by atoms with Crippen LogP contribution in [0.5, 0.6) is 0 Å². The standard InChI is InChI=1S/C15H20N4O3S4/c1-10(13(20)17-11-5-8-26(21,22)9-11)24-15-19-18-14(25-15)16-6-4-12-3-2-7-23-12/h2-3,7,10-11H,4-6,8-9H2,1H3,(H,16,18)(H,17,20). The Balaban J connectivity index is 1.43. The van der Waals surface area contributed by atoms with Crippen LogP contribution >= 0.6 is 34.4 Å². The van der Waals surface area contributed by atoms with Gasteiger partial charge in [-0.2, -0.15) is 0 Å². The number of carbonyl (C=O) groups is 1. The van der Waals surface area contributed by atoms with Crippen molar-refractivity contribution in [2.24, 2.45) is 0 Å². The Hall–Kier alpha value is -1.17. The largest absolute Gasteiger partial charge is 0.360 e. The molecule has 3 heterocycles. The third kappa shape index (κ3) is 5.66. The molecule has 1 aliphatic heterocycles. The van der Waals surface area contributed by atoms with Crippen LogP contribution in [0.2, 0.25) is 0 Å². The van der Waals surface area contributed by atoms with Crippen molar-refractivity contribution in [3.63, 3.8) is 0 Å². The molecule has 2 N–H and O–H groups in total. The summed E-state index contributed by atoms with van der Waals surface area (Å²) in [5.41, 5.74) is 0. The van der Waals surface area contributed by atoms with E-state index in [-0.39, 0.29) is 28.7 Å². The first-order chi connectivity index (χ1) is 12.4. The van der Waals surface area contributed by atoms with Gasteiger partial charge in [0.25, 0.3) is 0 Å². The number of hydrogen-bond acceptors (Lipinski definition) is 9. The number of thiophene rings is 1. The third-order valence-corrected chi connectivity index (χ3v) is 8.63. The zero-order chi connectivity index (χ0) is 18.6. The van der Waals surface area contributed by atoms with E-state index in [4.69, 9.17) is 0 Å². The maximum atomic E-state index is 12.2. The molecule has 7 nitrogen and oxygen atoms in total. The summed E-state index contributed by atoms with van der Waals surface area (Å²) < 4.78 is 23.6. The van der Waals surface area contributed by atoms with Gasteiger partial charge in [-0.25, -0.2) is 8.42 Å². The minimum atomic E-state index is -3.00. The highest BCUT2D eigenvalue weighted by Gasteiger charge is 2.30. The number of hydrogen-bond donors (Lipinski definition) is 2. The van der Waals surface area contributed by atoms with E-state index >= 15 is 0 Å². The summed E-state index contributed by atoms with van der Waals surface area (Å²) >= 11 is 4.48. The molecule has 0 spiro atoms. The number of anilines is 1. The number of nitrogens with zero attached hydrogens (tertiary/aromatic N) is 2. The van der Waals surface area contributed by atoms with Crippen LogP contribution in [0.4, 0.5) is 5.13 Å². The Kier molecular flexibility index (Phi) is 6.54. The van der Waals surface area contributed by atoms with Crippen molar-refractivity contribution < 1.29 is 13.2 Å². The monoisotopic (exact) mass is 432 g/mol. The Morgan fingerprint density at radius 2 is 2.31 bits per heavy atom. The highest BCUT2D eigenvalue weighted by atomic mass is 32.2. The summed E-state index contributed by atoms with van der Waals surface area (Å²) in [5, 5.41) is 16.7. The van der Waals surface area contributed by atoms with E-state index in [9.17, 15) is 13.2 Å². The third-order valence-electron chi connectivity index (χ3n) is 3.86. The molecule has 2 unspecified atom stereocenters. The smallest absolute Gasteiger partial charge is 0.233 e. The molecule has 26 heavy (non-hydrogen) atoms. The number of amides is 1. The average molecular weight is 433 g/mol. The van der Waals surface area contributed by atoms with Crippen LogP contribution in [0.1, 0.15) is 18.2 Å². The number of sulfone groups is 1. The maximum absolute atomic E-state index is 12.2. The predicted molar refractivity (Wildman–Crippen MR) is 107 cm³/mol. The molecule has 1 saturated heterocycles. The van der Waals surface area contributed by atoms with Crippen LogP contribution in [-0.2, 0) is 21.1 Å². The van der Waals surface area contributed by atoms with Crippen molar-refractivity contribution in [2.45, 2.75) is 35.4 Å². The van der Waals surface area contributed by atoms with E-state index in [1.165, 1.54) is 28.0 Å². The molecule has 11 heteroatoms. The zero-order valence-corrected chi connectivity index (χ0v) is 17.4. The topological polar surface area (TPSA) is 101 Å². The summed E-state index contributed by atoms with van der Waals surface area (Å²) in [6, 6.07) is 3.86. The molecular formula is C15H20N4O3S4. The van der Waals surface area contributed by atoms with E-state index in [2.05, 4.69) is 32.3 Å². The minimum absolute atomic E-state index is 0.0350. The van der Waals surface area contributed by atoms with Crippen LogP contribution in [0.25, 0.3) is 0 Å². The van der Waals surface area contributed by atoms with Crippen molar-refractivity contribution in [3.05, 3.63) is 22.4 Å². The van der Waals surface area contributed by atoms with Crippen LogP contribution in [-0.4, -0.2) is 53.9 Å². The van der Waals surface area contributed by atoms with Crippen molar-refractivity contribution in [3.8, 4) is 0 Å². The van der Waals surface area contributed by atoms with Gasteiger partial charge in [-0.3, -0.25) is 4.79 Å². The second kappa shape index (κ2) is 8.68. The summed E-state index contributed by atoms with van der Waals surface area (Å²) in [4.78, 5) is 13.6. The molecule has 2 atom stereocenters. The average Bonchev–Trinajstić information content (AvgIpc) is 3.30. The van der Waals surface area contributed by atoms with E-state index in [0.717, 1.165) is 18.1 Å².